The van der Waals surface area contributed by atoms with Crippen molar-refractivity contribution in [2.45, 2.75) is 19.4 Å². The number of hydrogen-bond acceptors (Lipinski definition) is 4. The van der Waals surface area contributed by atoms with Crippen LogP contribution in [-0.4, -0.2) is 42.8 Å². The Hall–Kier alpha value is -1.33. The second-order valence-corrected chi connectivity index (χ2v) is 4.82. The summed E-state index contributed by atoms with van der Waals surface area (Å²) in [6.45, 7) is 3.15. The Labute approximate surface area is 106 Å². The number of rotatable bonds is 5. The minimum Gasteiger partial charge on any atom is -0.478 e. The van der Waals surface area contributed by atoms with Gasteiger partial charge in [-0.05, 0) is 31.9 Å². The maximum Gasteiger partial charge on any atom is 0.339 e. The molecule has 0 saturated carbocycles. The van der Waals surface area contributed by atoms with Gasteiger partial charge in [0.25, 0.3) is 0 Å². The maximum atomic E-state index is 11.0. The fourth-order valence-corrected chi connectivity index (χ4v) is 2.33. The van der Waals surface area contributed by atoms with Gasteiger partial charge < -0.3 is 14.3 Å². The molecule has 18 heavy (non-hydrogen) atoms. The molecule has 0 atom stereocenters. The van der Waals surface area contributed by atoms with E-state index in [4.69, 9.17) is 14.3 Å². The Bertz CT molecular complexity index is 395. The van der Waals surface area contributed by atoms with Crippen molar-refractivity contribution in [2.75, 3.05) is 26.8 Å². The smallest absolute Gasteiger partial charge is 0.339 e. The number of carboxylic acids is 1. The minimum atomic E-state index is -0.932. The third kappa shape index (κ3) is 3.34. The molecule has 1 aromatic rings. The topological polar surface area (TPSA) is 62.9 Å². The minimum absolute atomic E-state index is 0.258. The summed E-state index contributed by atoms with van der Waals surface area (Å²) in [6.07, 6.45) is 3.59. The molecule has 1 aromatic heterocycles. The molecule has 0 unspecified atom stereocenters. The van der Waals surface area contributed by atoms with Gasteiger partial charge in [0.05, 0.1) is 12.8 Å². The van der Waals surface area contributed by atoms with Gasteiger partial charge in [-0.15, -0.1) is 0 Å². The van der Waals surface area contributed by atoms with Crippen molar-refractivity contribution in [1.82, 2.24) is 4.90 Å². The van der Waals surface area contributed by atoms with E-state index >= 15 is 0 Å². The molecule has 0 radical (unpaired) electrons. The Morgan fingerprint density at radius 3 is 2.89 bits per heavy atom. The van der Waals surface area contributed by atoms with Crippen molar-refractivity contribution in [3.8, 4) is 0 Å². The first-order chi connectivity index (χ1) is 8.66. The third-order valence-corrected chi connectivity index (χ3v) is 3.30. The summed E-state index contributed by atoms with van der Waals surface area (Å²) in [5.74, 6) is 0.224. The fourth-order valence-electron chi connectivity index (χ4n) is 2.33. The molecule has 0 aliphatic carbocycles. The molecule has 0 bridgehead atoms. The molecular formula is C13H19NO4. The van der Waals surface area contributed by atoms with E-state index in [0.717, 1.165) is 32.6 Å². The van der Waals surface area contributed by atoms with Crippen LogP contribution in [0.3, 0.4) is 0 Å². The van der Waals surface area contributed by atoms with E-state index in [2.05, 4.69) is 4.90 Å². The zero-order valence-corrected chi connectivity index (χ0v) is 10.6. The van der Waals surface area contributed by atoms with Gasteiger partial charge >= 0.3 is 5.97 Å². The van der Waals surface area contributed by atoms with Crippen molar-refractivity contribution in [3.05, 3.63) is 23.7 Å². The number of carboxylic acid groups (broad SMARTS) is 1. The van der Waals surface area contributed by atoms with Gasteiger partial charge in [-0.1, -0.05) is 0 Å². The summed E-state index contributed by atoms with van der Waals surface area (Å²) < 4.78 is 10.6. The number of furan rings is 1. The predicted octanol–water partition coefficient (Wildman–Crippen LogP) is 1.84. The van der Waals surface area contributed by atoms with E-state index in [-0.39, 0.29) is 5.56 Å². The Morgan fingerprint density at radius 1 is 1.50 bits per heavy atom. The van der Waals surface area contributed by atoms with Crippen molar-refractivity contribution in [2.24, 2.45) is 5.92 Å². The lowest BCUT2D eigenvalue weighted by molar-refractivity contribution is 0.0541. The molecule has 5 nitrogen and oxygen atoms in total. The number of carbonyl (C=O) groups is 1. The van der Waals surface area contributed by atoms with E-state index in [1.807, 2.05) is 7.05 Å². The van der Waals surface area contributed by atoms with Crippen LogP contribution in [0, 0.1) is 5.92 Å². The molecule has 2 heterocycles. The molecule has 1 N–H and O–H groups in total. The highest BCUT2D eigenvalue weighted by Crippen LogP contribution is 2.18. The summed E-state index contributed by atoms with van der Waals surface area (Å²) >= 11 is 0. The predicted molar refractivity (Wildman–Crippen MR) is 65.5 cm³/mol. The van der Waals surface area contributed by atoms with Gasteiger partial charge in [-0.2, -0.15) is 0 Å². The molecule has 0 spiro atoms. The Morgan fingerprint density at radius 2 is 2.22 bits per heavy atom. The normalized spacial score (nSPS) is 17.2. The lowest BCUT2D eigenvalue weighted by Gasteiger charge is -2.26. The monoisotopic (exact) mass is 253 g/mol. The van der Waals surface area contributed by atoms with Crippen molar-refractivity contribution < 1.29 is 19.1 Å². The van der Waals surface area contributed by atoms with Crippen molar-refractivity contribution in [3.63, 3.8) is 0 Å². The van der Waals surface area contributed by atoms with Gasteiger partial charge in [0.1, 0.15) is 11.3 Å². The Balaban J connectivity index is 1.88. The first-order valence-electron chi connectivity index (χ1n) is 6.22. The standard InChI is InChI=1S/C13H19NO4/c1-14(8-10-2-5-17-6-3-10)9-12-11(13(15)16)4-7-18-12/h4,7,10H,2-3,5-6,8-9H2,1H3,(H,15,16). The number of nitrogens with zero attached hydrogens (tertiary/aromatic N) is 1. The zero-order chi connectivity index (χ0) is 13.0. The van der Waals surface area contributed by atoms with Crippen LogP contribution in [0.25, 0.3) is 0 Å². The summed E-state index contributed by atoms with van der Waals surface area (Å²) in [5.41, 5.74) is 0.258. The first kappa shape index (κ1) is 13.1. The average Bonchev–Trinajstić information content (AvgIpc) is 2.78. The molecule has 0 aromatic carbocycles. The quantitative estimate of drug-likeness (QED) is 0.867. The van der Waals surface area contributed by atoms with Gasteiger partial charge in [-0.25, -0.2) is 4.79 Å². The van der Waals surface area contributed by atoms with Crippen LogP contribution in [0.5, 0.6) is 0 Å². The molecular weight excluding hydrogens is 234 g/mol. The lowest BCUT2D eigenvalue weighted by atomic mass is 10.00. The van der Waals surface area contributed by atoms with E-state index < -0.39 is 5.97 Å². The molecule has 0 amide bonds. The van der Waals surface area contributed by atoms with E-state index in [9.17, 15) is 4.79 Å². The number of aromatic carboxylic acids is 1. The fraction of sp³-hybridized carbons (Fsp3) is 0.615. The van der Waals surface area contributed by atoms with Crippen LogP contribution in [0.15, 0.2) is 16.7 Å². The van der Waals surface area contributed by atoms with Gasteiger partial charge in [0.15, 0.2) is 0 Å². The molecule has 1 fully saturated rings. The first-order valence-corrected chi connectivity index (χ1v) is 6.22. The molecule has 1 aliphatic rings. The SMILES string of the molecule is CN(Cc1occc1C(=O)O)CC1CCOCC1. The molecule has 2 rings (SSSR count). The Kier molecular flexibility index (Phi) is 4.38. The zero-order valence-electron chi connectivity index (χ0n) is 10.6. The van der Waals surface area contributed by atoms with E-state index in [0.29, 0.717) is 18.2 Å². The van der Waals surface area contributed by atoms with Crippen LogP contribution in [0.1, 0.15) is 29.0 Å². The van der Waals surface area contributed by atoms with Crippen molar-refractivity contribution >= 4 is 5.97 Å². The second-order valence-electron chi connectivity index (χ2n) is 4.82. The van der Waals surface area contributed by atoms with Gasteiger partial charge in [-0.3, -0.25) is 4.90 Å². The lowest BCUT2D eigenvalue weighted by Crippen LogP contribution is -2.29. The van der Waals surface area contributed by atoms with Crippen LogP contribution in [0.2, 0.25) is 0 Å². The summed E-state index contributed by atoms with van der Waals surface area (Å²) in [7, 11) is 1.99. The summed E-state index contributed by atoms with van der Waals surface area (Å²) in [5, 5.41) is 8.99. The number of ether oxygens (including phenoxy) is 1. The molecule has 1 saturated heterocycles. The van der Waals surface area contributed by atoms with E-state index in [1.165, 1.54) is 12.3 Å². The van der Waals surface area contributed by atoms with Crippen LogP contribution >= 0.6 is 0 Å². The van der Waals surface area contributed by atoms with Crippen LogP contribution in [-0.2, 0) is 11.3 Å². The highest BCUT2D eigenvalue weighted by molar-refractivity contribution is 5.88. The highest BCUT2D eigenvalue weighted by Gasteiger charge is 2.19. The maximum absolute atomic E-state index is 11.0. The number of hydrogen-bond donors (Lipinski definition) is 1. The van der Waals surface area contributed by atoms with Crippen LogP contribution < -0.4 is 0 Å². The van der Waals surface area contributed by atoms with Gasteiger partial charge in [0.2, 0.25) is 0 Å². The largest absolute Gasteiger partial charge is 0.478 e. The van der Waals surface area contributed by atoms with Crippen molar-refractivity contribution in [1.29, 1.82) is 0 Å². The summed E-state index contributed by atoms with van der Waals surface area (Å²) in [6, 6.07) is 1.50. The average molecular weight is 253 g/mol. The molecule has 5 heteroatoms. The third-order valence-electron chi connectivity index (χ3n) is 3.30. The molecule has 100 valence electrons. The van der Waals surface area contributed by atoms with Crippen LogP contribution in [0.4, 0.5) is 0 Å². The summed E-state index contributed by atoms with van der Waals surface area (Å²) in [4.78, 5) is 13.1. The van der Waals surface area contributed by atoms with Gasteiger partial charge in [0, 0.05) is 19.8 Å². The molecule has 1 aliphatic heterocycles. The highest BCUT2D eigenvalue weighted by atomic mass is 16.5. The second kappa shape index (κ2) is 6.02. The van der Waals surface area contributed by atoms with E-state index in [1.54, 1.807) is 0 Å².